The number of nitrogens with zero attached hydrogens (tertiary/aromatic N) is 1. The van der Waals surface area contributed by atoms with Crippen molar-refractivity contribution in [2.24, 2.45) is 0 Å². The van der Waals surface area contributed by atoms with Gasteiger partial charge < -0.3 is 9.47 Å². The molecule has 0 spiro atoms. The van der Waals surface area contributed by atoms with Crippen LogP contribution in [0, 0.1) is 6.92 Å². The van der Waals surface area contributed by atoms with E-state index in [0.29, 0.717) is 17.7 Å². The molecule has 0 aliphatic carbocycles. The van der Waals surface area contributed by atoms with Crippen molar-refractivity contribution >= 4 is 22.4 Å². The van der Waals surface area contributed by atoms with Crippen LogP contribution < -0.4 is 14.8 Å². The van der Waals surface area contributed by atoms with Gasteiger partial charge in [0.25, 0.3) is 5.91 Å². The van der Waals surface area contributed by atoms with Gasteiger partial charge in [0, 0.05) is 10.9 Å². The van der Waals surface area contributed by atoms with Crippen molar-refractivity contribution in [3.8, 4) is 22.8 Å². The van der Waals surface area contributed by atoms with Crippen LogP contribution in [0.3, 0.4) is 0 Å². The van der Waals surface area contributed by atoms with E-state index in [9.17, 15) is 4.79 Å². The maximum absolute atomic E-state index is 12.3. The third-order valence-electron chi connectivity index (χ3n) is 4.36. The number of amides is 1. The second-order valence-corrected chi connectivity index (χ2v) is 7.89. The summed E-state index contributed by atoms with van der Waals surface area (Å²) in [7, 11) is 0. The summed E-state index contributed by atoms with van der Waals surface area (Å²) in [4.78, 5) is 16.8. The summed E-state index contributed by atoms with van der Waals surface area (Å²) >= 11 is 1.39. The lowest BCUT2D eigenvalue weighted by Crippen LogP contribution is -2.20. The number of hydrogen-bond donors (Lipinski definition) is 1. The Labute approximate surface area is 175 Å². The lowest BCUT2D eigenvalue weighted by Gasteiger charge is -2.14. The second kappa shape index (κ2) is 9.56. The summed E-state index contributed by atoms with van der Waals surface area (Å²) in [6, 6.07) is 13.8. The summed E-state index contributed by atoms with van der Waals surface area (Å²) < 4.78 is 11.3. The van der Waals surface area contributed by atoms with Crippen LogP contribution in [-0.4, -0.2) is 24.1 Å². The Bertz CT molecular complexity index is 965. The number of anilines is 1. The van der Waals surface area contributed by atoms with Gasteiger partial charge in [-0.3, -0.25) is 10.1 Å². The summed E-state index contributed by atoms with van der Waals surface area (Å²) in [5, 5.41) is 5.29. The van der Waals surface area contributed by atoms with Crippen LogP contribution in [0.15, 0.2) is 47.8 Å². The molecule has 0 unspecified atom stereocenters. The fraction of sp³-hybridized carbons (Fsp3) is 0.304. The number of nitrogens with one attached hydrogen (secondary N) is 1. The standard InChI is InChI=1S/C23H26N2O3S/c1-5-27-18-9-7-17(8-10-18)20-14-29-23(24-20)25-22(26)13-28-21-12-16(4)6-11-19(21)15(2)3/h6-12,14-15H,5,13H2,1-4H3,(H,24,25,26). The van der Waals surface area contributed by atoms with Gasteiger partial charge in [-0.1, -0.05) is 26.0 Å². The Morgan fingerprint density at radius 1 is 1.14 bits per heavy atom. The van der Waals surface area contributed by atoms with Crippen LogP contribution in [0.1, 0.15) is 37.8 Å². The van der Waals surface area contributed by atoms with Crippen LogP contribution in [0.5, 0.6) is 11.5 Å². The van der Waals surface area contributed by atoms with Gasteiger partial charge in [0.05, 0.1) is 12.3 Å². The second-order valence-electron chi connectivity index (χ2n) is 7.03. The molecule has 3 rings (SSSR count). The fourth-order valence-corrected chi connectivity index (χ4v) is 3.63. The summed E-state index contributed by atoms with van der Waals surface area (Å²) in [5.41, 5.74) is 3.98. The minimum absolute atomic E-state index is 0.0544. The maximum atomic E-state index is 12.3. The molecule has 3 aromatic rings. The van der Waals surface area contributed by atoms with Crippen LogP contribution in [-0.2, 0) is 4.79 Å². The molecule has 0 aliphatic heterocycles. The molecule has 0 radical (unpaired) electrons. The van der Waals surface area contributed by atoms with Crippen LogP contribution in [0.4, 0.5) is 5.13 Å². The zero-order chi connectivity index (χ0) is 20.8. The largest absolute Gasteiger partial charge is 0.494 e. The van der Waals surface area contributed by atoms with Crippen molar-refractivity contribution < 1.29 is 14.3 Å². The Hall–Kier alpha value is -2.86. The first-order chi connectivity index (χ1) is 14.0. The van der Waals surface area contributed by atoms with Crippen molar-refractivity contribution in [1.29, 1.82) is 0 Å². The number of thiazole rings is 1. The van der Waals surface area contributed by atoms with Gasteiger partial charge in [0.1, 0.15) is 11.5 Å². The van der Waals surface area contributed by atoms with E-state index in [2.05, 4.69) is 36.3 Å². The zero-order valence-electron chi connectivity index (χ0n) is 17.2. The molecule has 1 heterocycles. The third kappa shape index (κ3) is 5.57. The third-order valence-corrected chi connectivity index (χ3v) is 5.12. The van der Waals surface area contributed by atoms with E-state index >= 15 is 0 Å². The van der Waals surface area contributed by atoms with Crippen molar-refractivity contribution in [1.82, 2.24) is 4.98 Å². The highest BCUT2D eigenvalue weighted by Crippen LogP contribution is 2.28. The molecule has 6 heteroatoms. The van der Waals surface area contributed by atoms with E-state index in [1.165, 1.54) is 11.3 Å². The number of hydrogen-bond acceptors (Lipinski definition) is 5. The predicted molar refractivity (Wildman–Crippen MR) is 118 cm³/mol. The molecule has 29 heavy (non-hydrogen) atoms. The average molecular weight is 411 g/mol. The molecule has 0 saturated carbocycles. The van der Waals surface area contributed by atoms with Crippen LogP contribution >= 0.6 is 11.3 Å². The van der Waals surface area contributed by atoms with Crippen LogP contribution in [0.2, 0.25) is 0 Å². The Kier molecular flexibility index (Phi) is 6.88. The monoisotopic (exact) mass is 410 g/mol. The van der Waals surface area contributed by atoms with Crippen molar-refractivity contribution in [2.75, 3.05) is 18.5 Å². The van der Waals surface area contributed by atoms with Gasteiger partial charge >= 0.3 is 0 Å². The highest BCUT2D eigenvalue weighted by Gasteiger charge is 2.12. The Morgan fingerprint density at radius 2 is 1.90 bits per heavy atom. The molecule has 1 aromatic heterocycles. The summed E-state index contributed by atoms with van der Waals surface area (Å²) in [5.74, 6) is 1.68. The van der Waals surface area contributed by atoms with Gasteiger partial charge in [0.2, 0.25) is 0 Å². The molecular weight excluding hydrogens is 384 g/mol. The quantitative estimate of drug-likeness (QED) is 0.521. The predicted octanol–water partition coefficient (Wildman–Crippen LogP) is 5.66. The van der Waals surface area contributed by atoms with E-state index in [1.807, 2.05) is 49.6 Å². The van der Waals surface area contributed by atoms with Crippen molar-refractivity contribution in [2.45, 2.75) is 33.6 Å². The highest BCUT2D eigenvalue weighted by molar-refractivity contribution is 7.14. The molecule has 0 aliphatic rings. The minimum Gasteiger partial charge on any atom is -0.494 e. The number of aromatic nitrogens is 1. The Morgan fingerprint density at radius 3 is 2.59 bits per heavy atom. The molecular formula is C23H26N2O3S. The first-order valence-corrected chi connectivity index (χ1v) is 10.6. The highest BCUT2D eigenvalue weighted by atomic mass is 32.1. The van der Waals surface area contributed by atoms with Gasteiger partial charge in [-0.15, -0.1) is 11.3 Å². The van der Waals surface area contributed by atoms with E-state index in [0.717, 1.165) is 33.9 Å². The molecule has 0 bridgehead atoms. The number of ether oxygens (including phenoxy) is 2. The molecule has 1 amide bonds. The normalized spacial score (nSPS) is 10.8. The van der Waals surface area contributed by atoms with Crippen molar-refractivity contribution in [3.63, 3.8) is 0 Å². The molecule has 5 nitrogen and oxygen atoms in total. The lowest BCUT2D eigenvalue weighted by atomic mass is 10.0. The topological polar surface area (TPSA) is 60.5 Å². The van der Waals surface area contributed by atoms with Crippen LogP contribution in [0.25, 0.3) is 11.3 Å². The molecule has 152 valence electrons. The first-order valence-electron chi connectivity index (χ1n) is 9.68. The van der Waals surface area contributed by atoms with E-state index in [1.54, 1.807) is 0 Å². The number of carbonyl (C=O) groups excluding carboxylic acids is 1. The molecule has 1 N–H and O–H groups in total. The molecule has 0 atom stereocenters. The number of aryl methyl sites for hydroxylation is 1. The maximum Gasteiger partial charge on any atom is 0.264 e. The van der Waals surface area contributed by atoms with Gasteiger partial charge in [-0.25, -0.2) is 4.98 Å². The van der Waals surface area contributed by atoms with E-state index in [-0.39, 0.29) is 12.5 Å². The van der Waals surface area contributed by atoms with Gasteiger partial charge in [0.15, 0.2) is 11.7 Å². The summed E-state index contributed by atoms with van der Waals surface area (Å²) in [6.07, 6.45) is 0. The average Bonchev–Trinajstić information content (AvgIpc) is 3.15. The number of rotatable bonds is 8. The molecule has 0 fully saturated rings. The molecule has 0 saturated heterocycles. The number of benzene rings is 2. The Balaban J connectivity index is 1.60. The van der Waals surface area contributed by atoms with Gasteiger partial charge in [-0.2, -0.15) is 0 Å². The SMILES string of the molecule is CCOc1ccc(-c2csc(NC(=O)COc3cc(C)ccc3C(C)C)n2)cc1. The fourth-order valence-electron chi connectivity index (χ4n) is 2.89. The number of carbonyl (C=O) groups is 1. The first kappa shape index (κ1) is 20.9. The summed E-state index contributed by atoms with van der Waals surface area (Å²) in [6.45, 7) is 8.76. The van der Waals surface area contributed by atoms with Crippen molar-refractivity contribution in [3.05, 3.63) is 59.0 Å². The van der Waals surface area contributed by atoms with E-state index < -0.39 is 0 Å². The van der Waals surface area contributed by atoms with Gasteiger partial charge in [-0.05, 0) is 61.2 Å². The molecule has 2 aromatic carbocycles. The smallest absolute Gasteiger partial charge is 0.264 e. The van der Waals surface area contributed by atoms with E-state index in [4.69, 9.17) is 9.47 Å². The zero-order valence-corrected chi connectivity index (χ0v) is 18.0. The minimum atomic E-state index is -0.228. The lowest BCUT2D eigenvalue weighted by molar-refractivity contribution is -0.118.